The molecule has 6 N–H and O–H groups in total. The molecule has 0 spiro atoms. The minimum absolute atomic E-state index is 0.0287. The lowest BCUT2D eigenvalue weighted by molar-refractivity contribution is -0.275. The molecular weight excluding hydrogens is 551 g/mol. The van der Waals surface area contributed by atoms with Crippen molar-refractivity contribution in [1.82, 2.24) is 9.80 Å². The molecule has 3 aliphatic carbocycles. The summed E-state index contributed by atoms with van der Waals surface area (Å²) in [7, 11) is 3.19. The number of aliphatic hydroxyl groups is 3. The smallest absolute Gasteiger partial charge is 0.508 e. The molecule has 3 aliphatic rings. The van der Waals surface area contributed by atoms with Crippen molar-refractivity contribution < 1.29 is 52.7 Å². The lowest BCUT2D eigenvalue weighted by atomic mass is 9.57. The summed E-state index contributed by atoms with van der Waals surface area (Å²) in [4.78, 5) is 42.7. The number of phenolic OH excluding ortho intramolecular Hbond substituents is 1. The van der Waals surface area contributed by atoms with Crippen molar-refractivity contribution in [2.45, 2.75) is 51.2 Å². The van der Waals surface area contributed by atoms with Gasteiger partial charge in [0.25, 0.3) is 5.91 Å². The number of Topliss-reactive ketones (excluding diaryl/α,β-unsaturated/α-hetero) is 2. The maximum absolute atomic E-state index is 14.0. The second-order valence-corrected chi connectivity index (χ2v) is 10.7. The summed E-state index contributed by atoms with van der Waals surface area (Å²) in [5, 5.41) is 44.8. The van der Waals surface area contributed by atoms with E-state index < -0.39 is 87.0 Å². The Hall–Kier alpha value is -3.62. The number of benzene rings is 1. The predicted molar refractivity (Wildman–Crippen MR) is 138 cm³/mol. The number of fused-ring (bicyclic) bond motifs is 3. The molecule has 0 aromatic heterocycles. The van der Waals surface area contributed by atoms with Gasteiger partial charge in [0.2, 0.25) is 5.78 Å². The Balaban J connectivity index is 1.99. The summed E-state index contributed by atoms with van der Waals surface area (Å²) in [5.41, 5.74) is 0.372. The third kappa shape index (κ3) is 4.73. The molecule has 0 bridgehead atoms. The van der Waals surface area contributed by atoms with Crippen molar-refractivity contribution in [2.24, 2.45) is 17.6 Å². The number of phenols is 1. The number of alkyl halides is 3. The molecule has 1 aromatic rings. The van der Waals surface area contributed by atoms with E-state index in [0.717, 1.165) is 6.07 Å². The Labute approximate surface area is 233 Å². The number of primary amides is 1. The molecule has 0 unspecified atom stereocenters. The highest BCUT2D eigenvalue weighted by molar-refractivity contribution is 6.24. The van der Waals surface area contributed by atoms with Crippen LogP contribution in [0.1, 0.15) is 37.0 Å². The van der Waals surface area contributed by atoms with Gasteiger partial charge in [0.15, 0.2) is 11.4 Å². The molecule has 4 atom stereocenters. The van der Waals surface area contributed by atoms with E-state index in [1.165, 1.54) is 0 Å². The number of carbonyl (C=O) groups is 3. The van der Waals surface area contributed by atoms with Gasteiger partial charge < -0.3 is 35.8 Å². The highest BCUT2D eigenvalue weighted by Crippen LogP contribution is 2.54. The normalized spacial score (nSPS) is 26.3. The number of likely N-dealkylation sites (N-methyl/N-ethyl adjacent to an activating group) is 1. The minimum atomic E-state index is -5.13. The standard InChI is InChI=1S/C27H32F3N3O8/c1-5-33(6-2)19-14-8-11-7-13-17(15(34)9-12(10-32(3)4)22(13)41-27(28,29)30)20(35)16(11)23(37)26(14,40)24(38)18(21(19)36)25(31)39/h9,11,14,19,34-35,38,40H,5-8,10H2,1-4H3,(H2,31,39)/t11-,14-,19-,26-/m0/s1. The molecule has 14 heteroatoms. The average Bonchev–Trinajstić information content (AvgIpc) is 2.84. The highest BCUT2D eigenvalue weighted by Gasteiger charge is 2.64. The van der Waals surface area contributed by atoms with Crippen LogP contribution in [-0.2, 0) is 27.3 Å². The number of hydrogen-bond acceptors (Lipinski definition) is 10. The number of rotatable bonds is 7. The van der Waals surface area contributed by atoms with E-state index in [2.05, 4.69) is 4.74 Å². The second kappa shape index (κ2) is 10.3. The van der Waals surface area contributed by atoms with Crippen molar-refractivity contribution in [3.8, 4) is 11.5 Å². The van der Waals surface area contributed by atoms with Crippen LogP contribution in [0.4, 0.5) is 13.2 Å². The average molecular weight is 584 g/mol. The van der Waals surface area contributed by atoms with Gasteiger partial charge in [0, 0.05) is 29.2 Å². The molecule has 224 valence electrons. The molecular formula is C27H32F3N3O8. The molecule has 0 aliphatic heterocycles. The monoisotopic (exact) mass is 583 g/mol. The lowest BCUT2D eigenvalue weighted by Crippen LogP contribution is -2.66. The number of nitrogens with zero attached hydrogens (tertiary/aromatic N) is 2. The number of amides is 1. The molecule has 1 saturated carbocycles. The van der Waals surface area contributed by atoms with Crippen LogP contribution < -0.4 is 10.5 Å². The van der Waals surface area contributed by atoms with Crippen LogP contribution in [0.3, 0.4) is 0 Å². The number of aromatic hydroxyl groups is 1. The van der Waals surface area contributed by atoms with Gasteiger partial charge in [0.05, 0.1) is 11.6 Å². The van der Waals surface area contributed by atoms with Crippen molar-refractivity contribution in [2.75, 3.05) is 27.2 Å². The first kappa shape index (κ1) is 30.3. The van der Waals surface area contributed by atoms with Crippen molar-refractivity contribution in [1.29, 1.82) is 0 Å². The third-order valence-corrected chi connectivity index (χ3v) is 8.10. The molecule has 0 radical (unpaired) electrons. The van der Waals surface area contributed by atoms with E-state index in [-0.39, 0.29) is 43.6 Å². The molecule has 1 aromatic carbocycles. The Kier molecular flexibility index (Phi) is 7.65. The first-order chi connectivity index (χ1) is 19.0. The van der Waals surface area contributed by atoms with Crippen LogP contribution in [-0.4, -0.2) is 92.9 Å². The van der Waals surface area contributed by atoms with Crippen molar-refractivity contribution in [3.63, 3.8) is 0 Å². The number of ketones is 2. The van der Waals surface area contributed by atoms with Crippen LogP contribution in [0.25, 0.3) is 5.76 Å². The SMILES string of the molecule is CCN(CC)[C@@H]1C(=O)C(C(N)=O)=C(O)[C@@]2(O)C(=O)C3=C(O)c4c(O)cc(CN(C)C)c(OC(F)(F)F)c4C[C@H]3C[C@@H]12. The van der Waals surface area contributed by atoms with Gasteiger partial charge in [-0.15, -0.1) is 13.2 Å². The number of aliphatic hydroxyl groups excluding tert-OH is 2. The summed E-state index contributed by atoms with van der Waals surface area (Å²) >= 11 is 0. The van der Waals surface area contributed by atoms with E-state index in [4.69, 9.17) is 5.73 Å². The Morgan fingerprint density at radius 2 is 1.78 bits per heavy atom. The van der Waals surface area contributed by atoms with E-state index in [9.17, 15) is 48.0 Å². The zero-order valence-corrected chi connectivity index (χ0v) is 22.9. The van der Waals surface area contributed by atoms with Gasteiger partial charge >= 0.3 is 6.36 Å². The molecule has 41 heavy (non-hydrogen) atoms. The van der Waals surface area contributed by atoms with Crippen LogP contribution in [0.5, 0.6) is 11.5 Å². The second-order valence-electron chi connectivity index (χ2n) is 10.7. The molecule has 0 saturated heterocycles. The Bertz CT molecular complexity index is 1380. The Morgan fingerprint density at radius 3 is 2.29 bits per heavy atom. The van der Waals surface area contributed by atoms with E-state index in [1.807, 2.05) is 0 Å². The maximum atomic E-state index is 14.0. The number of carbonyl (C=O) groups excluding carboxylic acids is 3. The quantitative estimate of drug-likeness (QED) is 0.297. The number of hydrogen-bond donors (Lipinski definition) is 5. The van der Waals surface area contributed by atoms with Crippen LogP contribution in [0.15, 0.2) is 23.0 Å². The van der Waals surface area contributed by atoms with Crippen LogP contribution in [0.2, 0.25) is 0 Å². The van der Waals surface area contributed by atoms with Gasteiger partial charge in [-0.1, -0.05) is 13.8 Å². The van der Waals surface area contributed by atoms with Gasteiger partial charge in [-0.25, -0.2) is 0 Å². The molecule has 4 rings (SSSR count). The summed E-state index contributed by atoms with van der Waals surface area (Å²) in [6.07, 6.45) is -5.72. The van der Waals surface area contributed by atoms with Crippen molar-refractivity contribution >= 4 is 23.2 Å². The largest absolute Gasteiger partial charge is 0.573 e. The summed E-state index contributed by atoms with van der Waals surface area (Å²) in [6, 6.07) is -0.304. The van der Waals surface area contributed by atoms with Crippen molar-refractivity contribution in [3.05, 3.63) is 39.7 Å². The van der Waals surface area contributed by atoms with E-state index >= 15 is 0 Å². The topological polar surface area (TPSA) is 174 Å². The fraction of sp³-hybridized carbons (Fsp3) is 0.519. The van der Waals surface area contributed by atoms with Gasteiger partial charge in [0.1, 0.15) is 28.6 Å². The first-order valence-electron chi connectivity index (χ1n) is 13.0. The summed E-state index contributed by atoms with van der Waals surface area (Å²) in [5.74, 6) is -9.33. The lowest BCUT2D eigenvalue weighted by Gasteiger charge is -2.51. The number of ether oxygens (including phenoxy) is 1. The van der Waals surface area contributed by atoms with Gasteiger partial charge in [-0.2, -0.15) is 0 Å². The molecule has 11 nitrogen and oxygen atoms in total. The molecule has 1 amide bonds. The maximum Gasteiger partial charge on any atom is 0.573 e. The van der Waals surface area contributed by atoms with E-state index in [1.54, 1.807) is 37.7 Å². The minimum Gasteiger partial charge on any atom is -0.508 e. The van der Waals surface area contributed by atoms with Crippen LogP contribution in [0, 0.1) is 11.8 Å². The van der Waals surface area contributed by atoms with Gasteiger partial charge in [-0.3, -0.25) is 19.3 Å². The summed E-state index contributed by atoms with van der Waals surface area (Å²) < 4.78 is 44.9. The predicted octanol–water partition coefficient (Wildman–Crippen LogP) is 1.70. The number of halogens is 3. The van der Waals surface area contributed by atoms with E-state index in [0.29, 0.717) is 0 Å². The van der Waals surface area contributed by atoms with Gasteiger partial charge in [-0.05, 0) is 52.0 Å². The fourth-order valence-corrected chi connectivity index (χ4v) is 6.50. The Morgan fingerprint density at radius 1 is 1.17 bits per heavy atom. The zero-order chi connectivity index (χ0) is 30.8. The zero-order valence-electron chi connectivity index (χ0n) is 22.9. The number of nitrogens with two attached hydrogens (primary N) is 1. The molecule has 1 fully saturated rings. The summed E-state index contributed by atoms with van der Waals surface area (Å²) in [6.45, 7) is 3.82. The fourth-order valence-electron chi connectivity index (χ4n) is 6.50. The highest BCUT2D eigenvalue weighted by atomic mass is 19.4. The third-order valence-electron chi connectivity index (χ3n) is 8.10. The molecule has 0 heterocycles. The first-order valence-corrected chi connectivity index (χ1v) is 13.0. The van der Waals surface area contributed by atoms with Crippen LogP contribution >= 0.6 is 0 Å².